The van der Waals surface area contributed by atoms with Crippen LogP contribution in [-0.2, 0) is 14.3 Å². The van der Waals surface area contributed by atoms with Crippen molar-refractivity contribution < 1.29 is 19.1 Å². The first-order chi connectivity index (χ1) is 11.7. The van der Waals surface area contributed by atoms with Crippen LogP contribution in [0.2, 0.25) is 0 Å². The lowest BCUT2D eigenvalue weighted by atomic mass is 10.2. The highest BCUT2D eigenvalue weighted by molar-refractivity contribution is 7.99. The molecule has 1 N–H and O–H groups in total. The highest BCUT2D eigenvalue weighted by atomic mass is 32.2. The van der Waals surface area contributed by atoms with Gasteiger partial charge in [-0.1, -0.05) is 18.2 Å². The van der Waals surface area contributed by atoms with Gasteiger partial charge in [-0.15, -0.1) is 11.8 Å². The molecule has 25 heavy (non-hydrogen) atoms. The first kappa shape index (κ1) is 21.3. The van der Waals surface area contributed by atoms with Crippen molar-refractivity contribution in [2.24, 2.45) is 0 Å². The number of benzene rings is 1. The first-order valence-corrected chi connectivity index (χ1v) is 9.11. The van der Waals surface area contributed by atoms with Crippen molar-refractivity contribution in [2.45, 2.75) is 37.3 Å². The second-order valence-electron chi connectivity index (χ2n) is 6.77. The average Bonchev–Trinajstić information content (AvgIpc) is 2.51. The summed E-state index contributed by atoms with van der Waals surface area (Å²) in [6.07, 6.45) is -0.492. The Bertz CT molecular complexity index is 544. The fraction of sp³-hybridized carbons (Fsp3) is 0.556. The second kappa shape index (κ2) is 10.3. The van der Waals surface area contributed by atoms with Gasteiger partial charge in [0.2, 0.25) is 5.91 Å². The SMILES string of the molecule is CN(C)C(=O)COC[C@H](CSc1ccccc1)NC(=O)OC(C)(C)C. The summed E-state index contributed by atoms with van der Waals surface area (Å²) < 4.78 is 10.8. The molecule has 0 saturated heterocycles. The third kappa shape index (κ3) is 9.99. The number of thioether (sulfide) groups is 1. The Labute approximate surface area is 154 Å². The van der Waals surface area contributed by atoms with E-state index in [0.29, 0.717) is 5.75 Å². The number of nitrogens with zero attached hydrogens (tertiary/aromatic N) is 1. The zero-order valence-electron chi connectivity index (χ0n) is 15.6. The zero-order valence-corrected chi connectivity index (χ0v) is 16.4. The molecule has 1 rings (SSSR count). The summed E-state index contributed by atoms with van der Waals surface area (Å²) in [6.45, 7) is 5.65. The topological polar surface area (TPSA) is 67.9 Å². The van der Waals surface area contributed by atoms with Gasteiger partial charge in [0.15, 0.2) is 0 Å². The molecule has 0 heterocycles. The van der Waals surface area contributed by atoms with Gasteiger partial charge in [-0.25, -0.2) is 4.79 Å². The number of alkyl carbamates (subject to hydrolysis) is 1. The quantitative estimate of drug-likeness (QED) is 0.715. The third-order valence-corrected chi connectivity index (χ3v) is 4.13. The van der Waals surface area contributed by atoms with Gasteiger partial charge in [-0.05, 0) is 32.9 Å². The molecule has 0 aliphatic heterocycles. The van der Waals surface area contributed by atoms with Crippen LogP contribution in [0.1, 0.15) is 20.8 Å². The van der Waals surface area contributed by atoms with Crippen molar-refractivity contribution in [1.29, 1.82) is 0 Å². The summed E-state index contributed by atoms with van der Waals surface area (Å²) >= 11 is 1.61. The summed E-state index contributed by atoms with van der Waals surface area (Å²) in [5.74, 6) is 0.492. The standard InChI is InChI=1S/C18H28N2O4S/c1-18(2,3)24-17(22)19-14(11-23-12-16(21)20(4)5)13-25-15-9-7-6-8-10-15/h6-10,14H,11-13H2,1-5H3,(H,19,22)/t14-/m1/s1. The maximum Gasteiger partial charge on any atom is 0.407 e. The Hall–Kier alpha value is -1.73. The minimum absolute atomic E-state index is 0.0184. The highest BCUT2D eigenvalue weighted by Gasteiger charge is 2.20. The van der Waals surface area contributed by atoms with E-state index in [9.17, 15) is 9.59 Å². The molecule has 0 spiro atoms. The summed E-state index contributed by atoms with van der Waals surface area (Å²) in [5, 5.41) is 2.81. The maximum absolute atomic E-state index is 12.0. The van der Waals surface area contributed by atoms with Crippen molar-refractivity contribution in [3.05, 3.63) is 30.3 Å². The van der Waals surface area contributed by atoms with Gasteiger partial charge < -0.3 is 19.7 Å². The predicted molar refractivity (Wildman–Crippen MR) is 99.8 cm³/mol. The molecule has 7 heteroatoms. The molecule has 0 aliphatic rings. The molecule has 2 amide bonds. The number of likely N-dealkylation sites (N-methyl/N-ethyl adjacent to an activating group) is 1. The lowest BCUT2D eigenvalue weighted by Crippen LogP contribution is -2.43. The molecule has 0 radical (unpaired) electrons. The number of hydrogen-bond donors (Lipinski definition) is 1. The minimum Gasteiger partial charge on any atom is -0.444 e. The normalized spacial score (nSPS) is 12.4. The fourth-order valence-corrected chi connectivity index (χ4v) is 2.66. The van der Waals surface area contributed by atoms with E-state index in [1.165, 1.54) is 4.90 Å². The van der Waals surface area contributed by atoms with Crippen molar-refractivity contribution in [3.63, 3.8) is 0 Å². The molecule has 6 nitrogen and oxygen atoms in total. The second-order valence-corrected chi connectivity index (χ2v) is 7.86. The average molecular weight is 368 g/mol. The van der Waals surface area contributed by atoms with Crippen LogP contribution in [0, 0.1) is 0 Å². The van der Waals surface area contributed by atoms with Crippen LogP contribution in [0.15, 0.2) is 35.2 Å². The first-order valence-electron chi connectivity index (χ1n) is 8.12. The van der Waals surface area contributed by atoms with E-state index >= 15 is 0 Å². The lowest BCUT2D eigenvalue weighted by molar-refractivity contribution is -0.133. The zero-order chi connectivity index (χ0) is 18.9. The van der Waals surface area contributed by atoms with Crippen LogP contribution in [0.3, 0.4) is 0 Å². The largest absolute Gasteiger partial charge is 0.444 e. The van der Waals surface area contributed by atoms with E-state index in [-0.39, 0.29) is 25.2 Å². The number of hydrogen-bond acceptors (Lipinski definition) is 5. The van der Waals surface area contributed by atoms with Gasteiger partial charge in [0.1, 0.15) is 12.2 Å². The van der Waals surface area contributed by atoms with Crippen LogP contribution in [0.4, 0.5) is 4.79 Å². The van der Waals surface area contributed by atoms with Gasteiger partial charge >= 0.3 is 6.09 Å². The number of amides is 2. The van der Waals surface area contributed by atoms with Gasteiger partial charge in [0, 0.05) is 24.7 Å². The molecule has 0 unspecified atom stereocenters. The third-order valence-electron chi connectivity index (χ3n) is 2.96. The number of carbonyl (C=O) groups excluding carboxylic acids is 2. The Morgan fingerprint density at radius 3 is 2.40 bits per heavy atom. The molecule has 0 aliphatic carbocycles. The van der Waals surface area contributed by atoms with Crippen molar-refractivity contribution in [3.8, 4) is 0 Å². The van der Waals surface area contributed by atoms with E-state index in [1.807, 2.05) is 51.1 Å². The smallest absolute Gasteiger partial charge is 0.407 e. The highest BCUT2D eigenvalue weighted by Crippen LogP contribution is 2.18. The van der Waals surface area contributed by atoms with Crippen molar-refractivity contribution in [2.75, 3.05) is 33.1 Å². The monoisotopic (exact) mass is 368 g/mol. The molecule has 1 aromatic rings. The Kier molecular flexibility index (Phi) is 8.78. The Balaban J connectivity index is 2.56. The molecule has 0 saturated carbocycles. The van der Waals surface area contributed by atoms with E-state index in [0.717, 1.165) is 4.90 Å². The minimum atomic E-state index is -0.567. The summed E-state index contributed by atoms with van der Waals surface area (Å²) in [4.78, 5) is 26.2. The van der Waals surface area contributed by atoms with E-state index < -0.39 is 11.7 Å². The van der Waals surface area contributed by atoms with Crippen LogP contribution >= 0.6 is 11.8 Å². The van der Waals surface area contributed by atoms with Crippen molar-refractivity contribution >= 4 is 23.8 Å². The van der Waals surface area contributed by atoms with Crippen LogP contribution in [0.5, 0.6) is 0 Å². The van der Waals surface area contributed by atoms with Crippen LogP contribution in [-0.4, -0.2) is 61.6 Å². The molecule has 0 fully saturated rings. The molecule has 0 bridgehead atoms. The lowest BCUT2D eigenvalue weighted by Gasteiger charge is -2.23. The maximum atomic E-state index is 12.0. The van der Waals surface area contributed by atoms with E-state index in [1.54, 1.807) is 25.9 Å². The Morgan fingerprint density at radius 1 is 1.20 bits per heavy atom. The molecule has 140 valence electrons. The molecule has 1 aromatic carbocycles. The van der Waals surface area contributed by atoms with Gasteiger partial charge in [0.05, 0.1) is 12.6 Å². The molecule has 1 atom stereocenters. The fourth-order valence-electron chi connectivity index (χ4n) is 1.74. The predicted octanol–water partition coefficient (Wildman–Crippen LogP) is 2.78. The Morgan fingerprint density at radius 2 is 1.84 bits per heavy atom. The molecular weight excluding hydrogens is 340 g/mol. The van der Waals surface area contributed by atoms with Gasteiger partial charge in [-0.2, -0.15) is 0 Å². The molecule has 0 aromatic heterocycles. The van der Waals surface area contributed by atoms with Crippen LogP contribution in [0.25, 0.3) is 0 Å². The van der Waals surface area contributed by atoms with Crippen molar-refractivity contribution in [1.82, 2.24) is 10.2 Å². The number of ether oxygens (including phenoxy) is 2. The number of rotatable bonds is 8. The number of carbonyl (C=O) groups is 2. The van der Waals surface area contributed by atoms with E-state index in [2.05, 4.69) is 5.32 Å². The van der Waals surface area contributed by atoms with E-state index in [4.69, 9.17) is 9.47 Å². The molecular formula is C18H28N2O4S. The van der Waals surface area contributed by atoms with Crippen LogP contribution < -0.4 is 5.32 Å². The summed E-state index contributed by atoms with van der Waals surface area (Å²) in [6, 6.07) is 9.62. The summed E-state index contributed by atoms with van der Waals surface area (Å²) in [7, 11) is 3.35. The summed E-state index contributed by atoms with van der Waals surface area (Å²) in [5.41, 5.74) is -0.567. The number of nitrogens with one attached hydrogen (secondary N) is 1. The van der Waals surface area contributed by atoms with Gasteiger partial charge in [0.25, 0.3) is 0 Å². The van der Waals surface area contributed by atoms with Gasteiger partial charge in [-0.3, -0.25) is 4.79 Å².